The van der Waals surface area contributed by atoms with Crippen molar-refractivity contribution in [3.05, 3.63) is 201 Å². The van der Waals surface area contributed by atoms with Gasteiger partial charge in [-0.05, 0) is 103 Å². The van der Waals surface area contributed by atoms with Gasteiger partial charge in [0.15, 0.2) is 0 Å². The van der Waals surface area contributed by atoms with Crippen molar-refractivity contribution >= 4 is 64.1 Å². The second kappa shape index (κ2) is 19.1. The number of hydrogen-bond donors (Lipinski definition) is 6. The summed E-state index contributed by atoms with van der Waals surface area (Å²) in [5.41, 5.74) is 8.40. The molecule has 0 amide bonds. The van der Waals surface area contributed by atoms with Crippen molar-refractivity contribution in [2.45, 2.75) is 6.54 Å². The monoisotopic (exact) mass is 908 g/mol. The first kappa shape index (κ1) is 41.5. The summed E-state index contributed by atoms with van der Waals surface area (Å²) < 4.78 is 7.14. The lowest BCUT2D eigenvalue weighted by atomic mass is 10.2. The van der Waals surface area contributed by atoms with Gasteiger partial charge in [-0.25, -0.2) is 18.7 Å². The van der Waals surface area contributed by atoms with E-state index in [0.717, 1.165) is 45.4 Å². The van der Waals surface area contributed by atoms with E-state index in [1.54, 1.807) is 43.5 Å². The molecule has 0 radical (unpaired) electrons. The Balaban J connectivity index is 0.804. The van der Waals surface area contributed by atoms with Crippen molar-refractivity contribution < 1.29 is 0 Å². The Morgan fingerprint density at radius 3 is 1.07 bits per heavy atom. The molecule has 6 heterocycles. The number of rotatable bonds is 17. The van der Waals surface area contributed by atoms with Crippen LogP contribution in [0.5, 0.6) is 0 Å². The summed E-state index contributed by atoms with van der Waals surface area (Å²) in [6.45, 7) is 0.418. The van der Waals surface area contributed by atoms with Gasteiger partial charge in [0.2, 0.25) is 35.7 Å². The zero-order valence-corrected chi connectivity index (χ0v) is 36.4. The highest BCUT2D eigenvalue weighted by Gasteiger charge is 2.13. The van der Waals surface area contributed by atoms with Crippen LogP contribution in [0.25, 0.3) is 22.7 Å². The molecule has 11 aromatic rings. The van der Waals surface area contributed by atoms with Crippen LogP contribution in [0.4, 0.5) is 64.1 Å². The number of para-hydroxylation sites is 2. The van der Waals surface area contributed by atoms with E-state index in [2.05, 4.69) is 57.3 Å². The number of anilines is 11. The van der Waals surface area contributed by atoms with E-state index in [9.17, 15) is 0 Å². The molecule has 0 aliphatic carbocycles. The molecule has 0 aliphatic heterocycles. The van der Waals surface area contributed by atoms with Crippen LogP contribution < -0.4 is 31.9 Å². The lowest BCUT2D eigenvalue weighted by Gasteiger charge is -2.13. The lowest BCUT2D eigenvalue weighted by Crippen LogP contribution is -2.10. The molecule has 0 unspecified atom stereocenters. The molecule has 20 heteroatoms. The molecule has 0 saturated carbocycles. The van der Waals surface area contributed by atoms with Crippen LogP contribution in [0, 0.1) is 0 Å². The molecule has 336 valence electrons. The van der Waals surface area contributed by atoms with Crippen LogP contribution in [0.15, 0.2) is 195 Å². The van der Waals surface area contributed by atoms with Gasteiger partial charge in [-0.15, -0.1) is 0 Å². The first-order chi connectivity index (χ1) is 34.1. The predicted octanol–water partition coefficient (Wildman–Crippen LogP) is 9.13. The molecule has 5 aromatic carbocycles. The summed E-state index contributed by atoms with van der Waals surface area (Å²) in [4.78, 5) is 28.2. The fraction of sp³-hybridized carbons (Fsp3) is 0.0204. The number of nitrogens with one attached hydrogen (secondary N) is 6. The minimum atomic E-state index is 0.302. The quantitative estimate of drug-likeness (QED) is 0.0501. The summed E-state index contributed by atoms with van der Waals surface area (Å²) in [5.74, 6) is 1.98. The largest absolute Gasteiger partial charge is 0.350 e. The minimum absolute atomic E-state index is 0.302. The molecular weight excluding hydrogens is 869 g/mol. The van der Waals surface area contributed by atoms with Gasteiger partial charge in [0, 0.05) is 48.4 Å². The maximum absolute atomic E-state index is 4.72. The Kier molecular flexibility index (Phi) is 11.5. The third-order valence-corrected chi connectivity index (χ3v) is 10.4. The molecule has 0 spiro atoms. The van der Waals surface area contributed by atoms with Crippen molar-refractivity contribution in [1.82, 2.24) is 69.0 Å². The molecule has 69 heavy (non-hydrogen) atoms. The highest BCUT2D eigenvalue weighted by Crippen LogP contribution is 2.25. The predicted molar refractivity (Wildman–Crippen MR) is 264 cm³/mol. The van der Waals surface area contributed by atoms with Gasteiger partial charge >= 0.3 is 0 Å². The van der Waals surface area contributed by atoms with Crippen molar-refractivity contribution in [3.63, 3.8) is 0 Å². The third kappa shape index (κ3) is 10.2. The number of nitrogens with zero attached hydrogens (tertiary/aromatic N) is 14. The highest BCUT2D eigenvalue weighted by atomic mass is 15.3. The van der Waals surface area contributed by atoms with Gasteiger partial charge in [0.25, 0.3) is 0 Å². The first-order valence-corrected chi connectivity index (χ1v) is 21.7. The molecule has 0 bridgehead atoms. The van der Waals surface area contributed by atoms with E-state index < -0.39 is 0 Å². The van der Waals surface area contributed by atoms with E-state index in [1.807, 2.05) is 170 Å². The minimum Gasteiger partial charge on any atom is -0.350 e. The highest BCUT2D eigenvalue weighted by molar-refractivity contribution is 5.63. The van der Waals surface area contributed by atoms with E-state index in [-0.39, 0.29) is 0 Å². The summed E-state index contributed by atoms with van der Waals surface area (Å²) in [6.07, 6.45) is 14.4. The van der Waals surface area contributed by atoms with Crippen LogP contribution in [-0.4, -0.2) is 69.0 Å². The molecule has 20 nitrogen and oxygen atoms in total. The summed E-state index contributed by atoms with van der Waals surface area (Å²) in [5, 5.41) is 37.6. The number of hydrogen-bond acceptors (Lipinski definition) is 16. The van der Waals surface area contributed by atoms with E-state index in [1.165, 1.54) is 0 Å². The second-order valence-electron chi connectivity index (χ2n) is 15.3. The van der Waals surface area contributed by atoms with Crippen LogP contribution in [0.2, 0.25) is 0 Å². The Labute approximate surface area is 393 Å². The first-order valence-electron chi connectivity index (χ1n) is 21.7. The fourth-order valence-electron chi connectivity index (χ4n) is 7.10. The fourth-order valence-corrected chi connectivity index (χ4v) is 7.10. The van der Waals surface area contributed by atoms with Gasteiger partial charge in [0.1, 0.15) is 0 Å². The van der Waals surface area contributed by atoms with Gasteiger partial charge in [-0.3, -0.25) is 0 Å². The van der Waals surface area contributed by atoms with E-state index in [0.29, 0.717) is 53.6 Å². The van der Waals surface area contributed by atoms with Crippen LogP contribution in [0.3, 0.4) is 0 Å². The lowest BCUT2D eigenvalue weighted by molar-refractivity contribution is 0.880. The standard InChI is InChI=1S/C49H40N20/c1-3-9-40(10-4-1)68-32-38(30-53-68)58-48-63-47(64-49(65-48)59-39-31-54-69(33-39)41-11-5-2-6-12-41)55-35-15-13-34(14-16-35)29-50-44-60-45(56-36-17-21-42(22-18-36)66-27-7-25-51-66)62-46(61-44)57-37-19-23-43(24-20-37)67-28-8-26-52-67/h1-28,30-33H,29H2,(H3,50,56,57,60,61,62)(H3,55,58,59,63,64,65). The van der Waals surface area contributed by atoms with Gasteiger partial charge in [-0.1, -0.05) is 48.5 Å². The molecule has 0 aliphatic rings. The average Bonchev–Trinajstić information content (AvgIpc) is 4.25. The SMILES string of the molecule is c1ccc(-n2cc(Nc3nc(Nc4ccc(CNc5nc(Nc6ccc(-n7cccn7)cc6)nc(Nc6ccc(-n7cccn7)cc6)n5)cc4)nc(Nc4cnn(-c5ccccc5)c4)n3)cn2)cc1. The average molecular weight is 909 g/mol. The van der Waals surface area contributed by atoms with Gasteiger partial charge in [0.05, 0.1) is 58.9 Å². The van der Waals surface area contributed by atoms with Crippen molar-refractivity contribution in [2.75, 3.05) is 31.9 Å². The molecular formula is C49H40N20. The summed E-state index contributed by atoms with van der Waals surface area (Å²) in [7, 11) is 0. The van der Waals surface area contributed by atoms with Crippen LogP contribution in [-0.2, 0) is 6.54 Å². The van der Waals surface area contributed by atoms with E-state index in [4.69, 9.17) is 24.9 Å². The molecule has 6 aromatic heterocycles. The third-order valence-electron chi connectivity index (χ3n) is 10.4. The van der Waals surface area contributed by atoms with Crippen molar-refractivity contribution in [2.24, 2.45) is 0 Å². The van der Waals surface area contributed by atoms with E-state index >= 15 is 0 Å². The summed E-state index contributed by atoms with van der Waals surface area (Å²) >= 11 is 0. The zero-order chi connectivity index (χ0) is 46.2. The summed E-state index contributed by atoms with van der Waals surface area (Å²) in [6, 6.07) is 47.0. The van der Waals surface area contributed by atoms with Gasteiger partial charge < -0.3 is 31.9 Å². The maximum atomic E-state index is 4.72. The second-order valence-corrected chi connectivity index (χ2v) is 15.3. The normalized spacial score (nSPS) is 11.0. The number of aromatic nitrogens is 14. The molecule has 0 saturated heterocycles. The zero-order valence-electron chi connectivity index (χ0n) is 36.4. The van der Waals surface area contributed by atoms with Crippen molar-refractivity contribution in [1.29, 1.82) is 0 Å². The van der Waals surface area contributed by atoms with Crippen LogP contribution in [0.1, 0.15) is 5.56 Å². The van der Waals surface area contributed by atoms with Crippen LogP contribution >= 0.6 is 0 Å². The Hall–Kier alpha value is -10.2. The number of benzene rings is 5. The molecule has 11 rings (SSSR count). The Morgan fingerprint density at radius 2 is 0.681 bits per heavy atom. The Bertz CT molecular complexity index is 3200. The molecule has 6 N–H and O–H groups in total. The van der Waals surface area contributed by atoms with Crippen molar-refractivity contribution in [3.8, 4) is 22.7 Å². The molecule has 0 fully saturated rings. The maximum Gasteiger partial charge on any atom is 0.233 e. The topological polar surface area (TPSA) is 221 Å². The Morgan fingerprint density at radius 1 is 0.319 bits per heavy atom. The van der Waals surface area contributed by atoms with Gasteiger partial charge in [-0.2, -0.15) is 50.3 Å². The smallest absolute Gasteiger partial charge is 0.233 e. The molecule has 0 atom stereocenters.